The predicted molar refractivity (Wildman–Crippen MR) is 124 cm³/mol. The molecular formula is C25H27N3O2S. The summed E-state index contributed by atoms with van der Waals surface area (Å²) in [5.41, 5.74) is 5.29. The summed E-state index contributed by atoms with van der Waals surface area (Å²) >= 11 is 1.54. The Bertz CT molecular complexity index is 1090. The van der Waals surface area contributed by atoms with Gasteiger partial charge in [-0.2, -0.15) is 0 Å². The zero-order chi connectivity index (χ0) is 21.8. The van der Waals surface area contributed by atoms with E-state index < -0.39 is 0 Å². The Morgan fingerprint density at radius 3 is 2.65 bits per heavy atom. The van der Waals surface area contributed by atoms with Gasteiger partial charge in [0.15, 0.2) is 10.9 Å². The summed E-state index contributed by atoms with van der Waals surface area (Å²) in [5, 5.41) is 3.52. The topological polar surface area (TPSA) is 62.3 Å². The molecule has 0 unspecified atom stereocenters. The summed E-state index contributed by atoms with van der Waals surface area (Å²) in [6, 6.07) is 16.1. The molecule has 0 saturated heterocycles. The fraction of sp³-hybridized carbons (Fsp3) is 0.320. The highest BCUT2D eigenvalue weighted by atomic mass is 32.1. The number of ketones is 1. The molecular weight excluding hydrogens is 406 g/mol. The molecule has 1 N–H and O–H groups in total. The number of aryl methyl sites for hydroxylation is 2. The minimum absolute atomic E-state index is 0.00626. The van der Waals surface area contributed by atoms with Gasteiger partial charge in [-0.15, -0.1) is 11.3 Å². The molecule has 1 aromatic heterocycles. The van der Waals surface area contributed by atoms with Gasteiger partial charge in [0.2, 0.25) is 5.91 Å². The van der Waals surface area contributed by atoms with Gasteiger partial charge in [0, 0.05) is 49.3 Å². The van der Waals surface area contributed by atoms with Crippen molar-refractivity contribution in [2.45, 2.75) is 46.2 Å². The van der Waals surface area contributed by atoms with Crippen LogP contribution in [-0.4, -0.2) is 28.1 Å². The monoisotopic (exact) mass is 433 g/mol. The van der Waals surface area contributed by atoms with E-state index in [1.165, 1.54) is 10.4 Å². The Morgan fingerprint density at radius 1 is 1.06 bits per heavy atom. The molecule has 0 fully saturated rings. The van der Waals surface area contributed by atoms with Crippen molar-refractivity contribution >= 4 is 28.2 Å². The lowest BCUT2D eigenvalue weighted by atomic mass is 10.0. The Kier molecular flexibility index (Phi) is 6.59. The number of amides is 1. The van der Waals surface area contributed by atoms with Gasteiger partial charge in [-0.25, -0.2) is 4.98 Å². The largest absolute Gasteiger partial charge is 0.302 e. The number of anilines is 1. The van der Waals surface area contributed by atoms with E-state index in [0.717, 1.165) is 42.9 Å². The number of thiazole rings is 1. The van der Waals surface area contributed by atoms with E-state index in [1.54, 1.807) is 11.3 Å². The second kappa shape index (κ2) is 9.54. The van der Waals surface area contributed by atoms with E-state index >= 15 is 0 Å². The number of nitrogens with one attached hydrogen (secondary N) is 1. The third-order valence-electron chi connectivity index (χ3n) is 5.71. The summed E-state index contributed by atoms with van der Waals surface area (Å²) in [7, 11) is 0. The molecule has 0 aliphatic carbocycles. The quantitative estimate of drug-likeness (QED) is 0.537. The van der Waals surface area contributed by atoms with Crippen molar-refractivity contribution in [3.63, 3.8) is 0 Å². The standard InChI is InChI=1S/C25H27N3O2S/c1-17-8-9-20(14-18(17)2)22(29)10-11-24(30)27-25-26-21-12-13-28(16-23(21)31-25)15-19-6-4-3-5-7-19/h3-9,14H,10-13,15-16H2,1-2H3,(H,26,27,30). The maximum atomic E-state index is 12.4. The van der Waals surface area contributed by atoms with Crippen LogP contribution in [0.4, 0.5) is 5.13 Å². The van der Waals surface area contributed by atoms with Gasteiger partial charge in [-0.3, -0.25) is 14.5 Å². The second-order valence-corrected chi connectivity index (χ2v) is 9.19. The number of aromatic nitrogens is 1. The number of hydrogen-bond donors (Lipinski definition) is 1. The highest BCUT2D eigenvalue weighted by Crippen LogP contribution is 2.29. The van der Waals surface area contributed by atoms with Crippen molar-refractivity contribution in [3.05, 3.63) is 81.4 Å². The molecule has 1 aliphatic heterocycles. The van der Waals surface area contributed by atoms with E-state index in [1.807, 2.05) is 38.1 Å². The molecule has 160 valence electrons. The molecule has 31 heavy (non-hydrogen) atoms. The zero-order valence-electron chi connectivity index (χ0n) is 18.0. The van der Waals surface area contributed by atoms with Crippen LogP contribution >= 0.6 is 11.3 Å². The molecule has 4 rings (SSSR count). The zero-order valence-corrected chi connectivity index (χ0v) is 18.8. The lowest BCUT2D eigenvalue weighted by Crippen LogP contribution is -2.29. The summed E-state index contributed by atoms with van der Waals surface area (Å²) < 4.78 is 0. The number of benzene rings is 2. The number of fused-ring (bicyclic) bond motifs is 1. The number of hydrogen-bond acceptors (Lipinski definition) is 5. The first-order valence-corrected chi connectivity index (χ1v) is 11.4. The summed E-state index contributed by atoms with van der Waals surface area (Å²) in [4.78, 5) is 33.0. The molecule has 0 bridgehead atoms. The predicted octanol–water partition coefficient (Wildman–Crippen LogP) is 4.92. The summed E-state index contributed by atoms with van der Waals surface area (Å²) in [5.74, 6) is -0.169. The van der Waals surface area contributed by atoms with E-state index in [-0.39, 0.29) is 24.5 Å². The summed E-state index contributed by atoms with van der Waals surface area (Å²) in [6.45, 7) is 6.74. The summed E-state index contributed by atoms with van der Waals surface area (Å²) in [6.07, 6.45) is 1.25. The number of carbonyl (C=O) groups is 2. The van der Waals surface area contributed by atoms with Crippen LogP contribution < -0.4 is 5.32 Å². The van der Waals surface area contributed by atoms with Gasteiger partial charge in [0.1, 0.15) is 0 Å². The Labute approximate surface area is 187 Å². The van der Waals surface area contributed by atoms with Crippen LogP contribution in [0.15, 0.2) is 48.5 Å². The van der Waals surface area contributed by atoms with Crippen LogP contribution in [-0.2, 0) is 24.3 Å². The average Bonchev–Trinajstić information content (AvgIpc) is 3.16. The minimum Gasteiger partial charge on any atom is -0.302 e. The van der Waals surface area contributed by atoms with Crippen LogP contribution in [0.3, 0.4) is 0 Å². The maximum Gasteiger partial charge on any atom is 0.226 e. The Balaban J connectivity index is 1.30. The van der Waals surface area contributed by atoms with Crippen LogP contribution in [0, 0.1) is 13.8 Å². The fourth-order valence-electron chi connectivity index (χ4n) is 3.75. The van der Waals surface area contributed by atoms with Crippen molar-refractivity contribution in [3.8, 4) is 0 Å². The highest BCUT2D eigenvalue weighted by molar-refractivity contribution is 7.15. The molecule has 1 amide bonds. The first-order valence-electron chi connectivity index (χ1n) is 10.6. The van der Waals surface area contributed by atoms with Crippen molar-refractivity contribution in [2.75, 3.05) is 11.9 Å². The first-order chi connectivity index (χ1) is 15.0. The van der Waals surface area contributed by atoms with E-state index in [9.17, 15) is 9.59 Å². The number of rotatable bonds is 7. The highest BCUT2D eigenvalue weighted by Gasteiger charge is 2.21. The SMILES string of the molecule is Cc1ccc(C(=O)CCC(=O)Nc2nc3c(s2)CN(Cc2ccccc2)CC3)cc1C. The molecule has 0 atom stereocenters. The van der Waals surface area contributed by atoms with Crippen LogP contribution in [0.25, 0.3) is 0 Å². The molecule has 6 heteroatoms. The van der Waals surface area contributed by atoms with Gasteiger partial charge in [0.25, 0.3) is 0 Å². The van der Waals surface area contributed by atoms with Crippen molar-refractivity contribution < 1.29 is 9.59 Å². The first kappa shape index (κ1) is 21.4. The van der Waals surface area contributed by atoms with Gasteiger partial charge in [-0.1, -0.05) is 42.5 Å². The average molecular weight is 434 g/mol. The maximum absolute atomic E-state index is 12.4. The molecule has 0 radical (unpaired) electrons. The van der Waals surface area contributed by atoms with E-state index in [2.05, 4.69) is 39.5 Å². The van der Waals surface area contributed by atoms with E-state index in [0.29, 0.717) is 10.7 Å². The smallest absolute Gasteiger partial charge is 0.226 e. The molecule has 0 saturated carbocycles. The third kappa shape index (κ3) is 5.46. The number of carbonyl (C=O) groups excluding carboxylic acids is 2. The van der Waals surface area contributed by atoms with Crippen LogP contribution in [0.1, 0.15) is 50.5 Å². The van der Waals surface area contributed by atoms with Crippen molar-refractivity contribution in [2.24, 2.45) is 0 Å². The lowest BCUT2D eigenvalue weighted by Gasteiger charge is -2.25. The van der Waals surface area contributed by atoms with Gasteiger partial charge >= 0.3 is 0 Å². The molecule has 2 aromatic carbocycles. The van der Waals surface area contributed by atoms with Crippen LogP contribution in [0.5, 0.6) is 0 Å². The lowest BCUT2D eigenvalue weighted by molar-refractivity contribution is -0.116. The van der Waals surface area contributed by atoms with E-state index in [4.69, 9.17) is 0 Å². The van der Waals surface area contributed by atoms with Gasteiger partial charge in [-0.05, 0) is 36.6 Å². The molecule has 1 aliphatic rings. The third-order valence-corrected chi connectivity index (χ3v) is 6.71. The fourth-order valence-corrected chi connectivity index (χ4v) is 4.81. The number of nitrogens with zero attached hydrogens (tertiary/aromatic N) is 2. The number of Topliss-reactive ketones (excluding diaryl/α,β-unsaturated/α-hetero) is 1. The van der Waals surface area contributed by atoms with Crippen molar-refractivity contribution in [1.82, 2.24) is 9.88 Å². The van der Waals surface area contributed by atoms with Gasteiger partial charge < -0.3 is 5.32 Å². The van der Waals surface area contributed by atoms with Crippen molar-refractivity contribution in [1.29, 1.82) is 0 Å². The minimum atomic E-state index is -0.163. The van der Waals surface area contributed by atoms with Gasteiger partial charge in [0.05, 0.1) is 5.69 Å². The Morgan fingerprint density at radius 2 is 1.87 bits per heavy atom. The molecule has 3 aromatic rings. The Hall–Kier alpha value is -2.83. The normalized spacial score (nSPS) is 13.6. The second-order valence-electron chi connectivity index (χ2n) is 8.11. The molecule has 2 heterocycles. The van der Waals surface area contributed by atoms with Crippen LogP contribution in [0.2, 0.25) is 0 Å². The molecule has 0 spiro atoms. The molecule has 5 nitrogen and oxygen atoms in total.